The van der Waals surface area contributed by atoms with Crippen molar-refractivity contribution in [1.29, 1.82) is 0 Å². The molecule has 1 aliphatic rings. The first kappa shape index (κ1) is 14.2. The zero-order valence-corrected chi connectivity index (χ0v) is 12.7. The van der Waals surface area contributed by atoms with Crippen molar-refractivity contribution >= 4 is 17.2 Å². The summed E-state index contributed by atoms with van der Waals surface area (Å²) < 4.78 is 0. The van der Waals surface area contributed by atoms with Crippen LogP contribution in [0.25, 0.3) is 10.6 Å². The van der Waals surface area contributed by atoms with Gasteiger partial charge in [-0.1, -0.05) is 25.7 Å². The maximum atomic E-state index is 12.3. The largest absolute Gasteiger partial charge is 0.348 e. The first-order valence-corrected chi connectivity index (χ1v) is 8.38. The number of hydrogen-bond acceptors (Lipinski definition) is 4. The minimum atomic E-state index is -0.0479. The van der Waals surface area contributed by atoms with Crippen LogP contribution in [0.1, 0.15) is 49.0 Å². The summed E-state index contributed by atoms with van der Waals surface area (Å²) in [6.07, 6.45) is 10.7. The lowest BCUT2D eigenvalue weighted by molar-refractivity contribution is 0.0929. The monoisotopic (exact) mass is 301 g/mol. The lowest BCUT2D eigenvalue weighted by Gasteiger charge is -2.15. The Morgan fingerprint density at radius 3 is 2.76 bits per heavy atom. The van der Waals surface area contributed by atoms with E-state index in [0.717, 1.165) is 23.4 Å². The summed E-state index contributed by atoms with van der Waals surface area (Å²) >= 11 is 1.49. The summed E-state index contributed by atoms with van der Waals surface area (Å²) in [5.74, 6) is -0.0479. The number of rotatable bonds is 3. The highest BCUT2D eigenvalue weighted by Crippen LogP contribution is 2.23. The van der Waals surface area contributed by atoms with E-state index in [-0.39, 0.29) is 5.91 Å². The Morgan fingerprint density at radius 2 is 2.05 bits per heavy atom. The summed E-state index contributed by atoms with van der Waals surface area (Å²) in [4.78, 5) is 20.8. The van der Waals surface area contributed by atoms with E-state index in [9.17, 15) is 4.79 Å². The third-order valence-electron chi connectivity index (χ3n) is 3.84. The Labute approximate surface area is 128 Å². The van der Waals surface area contributed by atoms with E-state index < -0.39 is 0 Å². The van der Waals surface area contributed by atoms with Gasteiger partial charge in [0.1, 0.15) is 10.7 Å². The van der Waals surface area contributed by atoms with Crippen molar-refractivity contribution in [3.8, 4) is 10.6 Å². The van der Waals surface area contributed by atoms with Gasteiger partial charge in [0, 0.05) is 29.4 Å². The Morgan fingerprint density at radius 1 is 1.24 bits per heavy atom. The van der Waals surface area contributed by atoms with E-state index >= 15 is 0 Å². The molecule has 3 rings (SSSR count). The third-order valence-corrected chi connectivity index (χ3v) is 4.73. The molecule has 2 aromatic rings. The second kappa shape index (κ2) is 6.80. The molecule has 2 aromatic heterocycles. The minimum Gasteiger partial charge on any atom is -0.348 e. The minimum absolute atomic E-state index is 0.0479. The fourth-order valence-corrected chi connectivity index (χ4v) is 3.47. The average molecular weight is 301 g/mol. The van der Waals surface area contributed by atoms with Gasteiger partial charge < -0.3 is 5.32 Å². The zero-order valence-electron chi connectivity index (χ0n) is 11.9. The van der Waals surface area contributed by atoms with Gasteiger partial charge in [0.05, 0.1) is 0 Å². The molecule has 110 valence electrons. The van der Waals surface area contributed by atoms with Crippen LogP contribution in [-0.4, -0.2) is 21.9 Å². The van der Waals surface area contributed by atoms with Crippen LogP contribution in [0, 0.1) is 0 Å². The van der Waals surface area contributed by atoms with Gasteiger partial charge in [0.25, 0.3) is 5.91 Å². The zero-order chi connectivity index (χ0) is 14.5. The molecule has 5 heteroatoms. The molecular formula is C16H19N3OS. The quantitative estimate of drug-likeness (QED) is 0.880. The molecule has 1 N–H and O–H groups in total. The van der Waals surface area contributed by atoms with Crippen LogP contribution >= 0.6 is 11.3 Å². The van der Waals surface area contributed by atoms with E-state index in [4.69, 9.17) is 0 Å². The first-order chi connectivity index (χ1) is 10.3. The highest BCUT2D eigenvalue weighted by atomic mass is 32.1. The molecule has 1 fully saturated rings. The molecule has 2 heterocycles. The SMILES string of the molecule is O=C(NC1CCCCCC1)c1csc(-c2cccnc2)n1. The Bertz CT molecular complexity index is 589. The van der Waals surface area contributed by atoms with E-state index in [0.29, 0.717) is 11.7 Å². The number of pyridine rings is 1. The van der Waals surface area contributed by atoms with Crippen LogP contribution in [0.2, 0.25) is 0 Å². The molecule has 0 bridgehead atoms. The molecule has 0 radical (unpaired) electrons. The molecule has 0 atom stereocenters. The Hall–Kier alpha value is -1.75. The van der Waals surface area contributed by atoms with Gasteiger partial charge in [-0.3, -0.25) is 9.78 Å². The van der Waals surface area contributed by atoms with Crippen molar-refractivity contribution in [2.24, 2.45) is 0 Å². The lowest BCUT2D eigenvalue weighted by atomic mass is 10.1. The molecule has 1 aliphatic carbocycles. The van der Waals surface area contributed by atoms with Crippen LogP contribution < -0.4 is 5.32 Å². The molecule has 4 nitrogen and oxygen atoms in total. The molecule has 0 unspecified atom stereocenters. The molecule has 1 saturated carbocycles. The molecule has 21 heavy (non-hydrogen) atoms. The van der Waals surface area contributed by atoms with Crippen molar-refractivity contribution < 1.29 is 4.79 Å². The molecule has 0 aliphatic heterocycles. The van der Waals surface area contributed by atoms with Gasteiger partial charge in [0.15, 0.2) is 0 Å². The van der Waals surface area contributed by atoms with E-state index in [1.54, 1.807) is 12.4 Å². The molecule has 1 amide bonds. The third kappa shape index (κ3) is 3.67. The van der Waals surface area contributed by atoms with Gasteiger partial charge in [-0.15, -0.1) is 11.3 Å². The number of amides is 1. The van der Waals surface area contributed by atoms with Crippen molar-refractivity contribution in [2.75, 3.05) is 0 Å². The van der Waals surface area contributed by atoms with Gasteiger partial charge in [0.2, 0.25) is 0 Å². The van der Waals surface area contributed by atoms with Crippen molar-refractivity contribution in [1.82, 2.24) is 15.3 Å². The smallest absolute Gasteiger partial charge is 0.270 e. The topological polar surface area (TPSA) is 54.9 Å². The number of carbonyl (C=O) groups excluding carboxylic acids is 1. The number of nitrogens with zero attached hydrogens (tertiary/aromatic N) is 2. The van der Waals surface area contributed by atoms with Gasteiger partial charge in [-0.2, -0.15) is 0 Å². The molecular weight excluding hydrogens is 282 g/mol. The normalized spacial score (nSPS) is 16.4. The van der Waals surface area contributed by atoms with Crippen molar-refractivity contribution in [2.45, 2.75) is 44.6 Å². The molecule has 0 saturated heterocycles. The number of hydrogen-bond donors (Lipinski definition) is 1. The maximum absolute atomic E-state index is 12.3. The fraction of sp³-hybridized carbons (Fsp3) is 0.438. The summed E-state index contributed by atoms with van der Waals surface area (Å²) in [6, 6.07) is 4.14. The average Bonchev–Trinajstić information content (AvgIpc) is 2.88. The number of nitrogens with one attached hydrogen (secondary N) is 1. The lowest BCUT2D eigenvalue weighted by Crippen LogP contribution is -2.34. The summed E-state index contributed by atoms with van der Waals surface area (Å²) in [6.45, 7) is 0. The van der Waals surface area contributed by atoms with Crippen LogP contribution in [-0.2, 0) is 0 Å². The first-order valence-electron chi connectivity index (χ1n) is 7.50. The highest BCUT2D eigenvalue weighted by Gasteiger charge is 2.18. The highest BCUT2D eigenvalue weighted by molar-refractivity contribution is 7.13. The van der Waals surface area contributed by atoms with Crippen LogP contribution in [0.4, 0.5) is 0 Å². The van der Waals surface area contributed by atoms with Crippen molar-refractivity contribution in [3.05, 3.63) is 35.6 Å². The fourth-order valence-electron chi connectivity index (χ4n) is 2.68. The summed E-state index contributed by atoms with van der Waals surface area (Å²) in [5, 5.41) is 5.80. The summed E-state index contributed by atoms with van der Waals surface area (Å²) in [5.41, 5.74) is 1.47. The van der Waals surface area contributed by atoms with E-state index in [1.165, 1.54) is 37.0 Å². The van der Waals surface area contributed by atoms with E-state index in [2.05, 4.69) is 15.3 Å². The maximum Gasteiger partial charge on any atom is 0.270 e. The van der Waals surface area contributed by atoms with Gasteiger partial charge in [-0.05, 0) is 25.0 Å². The Balaban J connectivity index is 1.66. The van der Waals surface area contributed by atoms with Crippen LogP contribution in [0.3, 0.4) is 0 Å². The number of aromatic nitrogens is 2. The second-order valence-corrected chi connectivity index (χ2v) is 6.30. The molecule has 0 aromatic carbocycles. The predicted molar refractivity (Wildman–Crippen MR) is 84.3 cm³/mol. The van der Waals surface area contributed by atoms with E-state index in [1.807, 2.05) is 17.5 Å². The van der Waals surface area contributed by atoms with Gasteiger partial charge >= 0.3 is 0 Å². The Kier molecular flexibility index (Phi) is 4.60. The van der Waals surface area contributed by atoms with Crippen LogP contribution in [0.15, 0.2) is 29.9 Å². The summed E-state index contributed by atoms with van der Waals surface area (Å²) in [7, 11) is 0. The molecule has 0 spiro atoms. The number of carbonyl (C=O) groups is 1. The predicted octanol–water partition coefficient (Wildman–Crippen LogP) is 3.66. The van der Waals surface area contributed by atoms with Crippen LogP contribution in [0.5, 0.6) is 0 Å². The number of thiazole rings is 1. The standard InChI is InChI=1S/C16H19N3OS/c20-15(18-13-7-3-1-2-4-8-13)14-11-21-16(19-14)12-6-5-9-17-10-12/h5-6,9-11,13H,1-4,7-8H2,(H,18,20). The van der Waals surface area contributed by atoms with Crippen molar-refractivity contribution in [3.63, 3.8) is 0 Å². The second-order valence-electron chi connectivity index (χ2n) is 5.44. The van der Waals surface area contributed by atoms with Gasteiger partial charge in [-0.25, -0.2) is 4.98 Å².